The van der Waals surface area contributed by atoms with E-state index in [-0.39, 0.29) is 5.97 Å². The van der Waals surface area contributed by atoms with E-state index in [2.05, 4.69) is 23.9 Å². The van der Waals surface area contributed by atoms with Gasteiger partial charge in [-0.1, -0.05) is 65.2 Å². The molecule has 0 unspecified atom stereocenters. The monoisotopic (exact) mass is 301 g/mol. The van der Waals surface area contributed by atoms with Gasteiger partial charge in [0.2, 0.25) is 0 Å². The lowest BCUT2D eigenvalue weighted by molar-refractivity contribution is -0.140. The molecule has 1 N–H and O–H groups in total. The second-order valence-corrected chi connectivity index (χ2v) is 5.50. The molecule has 0 aromatic carbocycles. The summed E-state index contributed by atoms with van der Waals surface area (Å²) in [4.78, 5) is 9.82. The molecule has 0 aliphatic rings. The minimum atomic E-state index is -0.211. The van der Waals surface area contributed by atoms with Gasteiger partial charge < -0.3 is 10.1 Å². The van der Waals surface area contributed by atoms with Gasteiger partial charge in [0.1, 0.15) is 0 Å². The van der Waals surface area contributed by atoms with Crippen molar-refractivity contribution in [3.05, 3.63) is 0 Å². The lowest BCUT2D eigenvalue weighted by Crippen LogP contribution is -2.16. The number of carbonyl (C=O) groups excluding carboxylic acids is 1. The lowest BCUT2D eigenvalue weighted by Gasteiger charge is -2.04. The molecule has 0 bridgehead atoms. The third-order valence-corrected chi connectivity index (χ3v) is 3.26. The molecule has 128 valence electrons. The lowest BCUT2D eigenvalue weighted by atomic mass is 10.1. The van der Waals surface area contributed by atoms with E-state index in [1.807, 2.05) is 0 Å². The van der Waals surface area contributed by atoms with Gasteiger partial charge in [-0.2, -0.15) is 0 Å². The minimum Gasteiger partial charge on any atom is -0.466 e. The van der Waals surface area contributed by atoms with E-state index in [9.17, 15) is 4.79 Å². The Morgan fingerprint density at radius 1 is 0.762 bits per heavy atom. The molecule has 0 rings (SSSR count). The third kappa shape index (κ3) is 28.3. The van der Waals surface area contributed by atoms with Gasteiger partial charge in [0, 0.05) is 6.92 Å². The molecule has 0 spiro atoms. The van der Waals surface area contributed by atoms with E-state index < -0.39 is 0 Å². The fourth-order valence-electron chi connectivity index (χ4n) is 2.04. The maximum Gasteiger partial charge on any atom is 0.302 e. The highest BCUT2D eigenvalue weighted by molar-refractivity contribution is 5.65. The largest absolute Gasteiger partial charge is 0.466 e. The molecule has 0 saturated heterocycles. The Labute approximate surface area is 133 Å². The first-order valence-corrected chi connectivity index (χ1v) is 9.03. The van der Waals surface area contributed by atoms with Crippen molar-refractivity contribution < 1.29 is 9.53 Å². The van der Waals surface area contributed by atoms with Crippen LogP contribution in [0.5, 0.6) is 0 Å². The minimum absolute atomic E-state index is 0.211. The molecule has 0 heterocycles. The average Bonchev–Trinajstić information content (AvgIpc) is 2.45. The van der Waals surface area contributed by atoms with E-state index in [4.69, 9.17) is 0 Å². The van der Waals surface area contributed by atoms with Crippen LogP contribution in [0.15, 0.2) is 0 Å². The van der Waals surface area contributed by atoms with Crippen molar-refractivity contribution in [3.8, 4) is 0 Å². The highest BCUT2D eigenvalue weighted by Crippen LogP contribution is 2.02. The summed E-state index contributed by atoms with van der Waals surface area (Å²) in [6.45, 7) is 10.7. The maximum absolute atomic E-state index is 9.82. The predicted molar refractivity (Wildman–Crippen MR) is 92.7 cm³/mol. The first-order chi connectivity index (χ1) is 10.2. The van der Waals surface area contributed by atoms with Gasteiger partial charge in [0.15, 0.2) is 0 Å². The van der Waals surface area contributed by atoms with Crippen LogP contribution >= 0.6 is 0 Å². The number of hydrogen-bond donors (Lipinski definition) is 1. The second-order valence-electron chi connectivity index (χ2n) is 5.50. The van der Waals surface area contributed by atoms with Gasteiger partial charge in [-0.15, -0.1) is 0 Å². The molecule has 21 heavy (non-hydrogen) atoms. The van der Waals surface area contributed by atoms with Gasteiger partial charge in [-0.05, 0) is 32.9 Å². The zero-order chi connectivity index (χ0) is 16.2. The summed E-state index contributed by atoms with van der Waals surface area (Å²) in [6, 6.07) is 0. The Balaban J connectivity index is 0. The van der Waals surface area contributed by atoms with Crippen molar-refractivity contribution in [2.24, 2.45) is 0 Å². The summed E-state index contributed by atoms with van der Waals surface area (Å²) in [5, 5.41) is 3.54. The van der Waals surface area contributed by atoms with E-state index in [1.165, 1.54) is 84.2 Å². The number of unbranched alkanes of at least 4 members (excludes halogenated alkanes) is 8. The van der Waals surface area contributed by atoms with Crippen molar-refractivity contribution >= 4 is 5.97 Å². The zero-order valence-corrected chi connectivity index (χ0v) is 15.0. The molecule has 0 saturated carbocycles. The molecule has 3 nitrogen and oxygen atoms in total. The molecule has 0 aromatic heterocycles. The van der Waals surface area contributed by atoms with Crippen LogP contribution in [0.2, 0.25) is 0 Å². The highest BCUT2D eigenvalue weighted by atomic mass is 16.5. The number of rotatable bonds is 13. The zero-order valence-electron chi connectivity index (χ0n) is 15.0. The predicted octanol–water partition coefficient (Wildman–Crippen LogP) is 5.09. The molecule has 0 atom stereocenters. The molecule has 0 aliphatic heterocycles. The quantitative estimate of drug-likeness (QED) is 0.380. The van der Waals surface area contributed by atoms with Crippen LogP contribution in [-0.2, 0) is 9.53 Å². The first kappa shape index (κ1) is 22.7. The highest BCUT2D eigenvalue weighted by Gasteiger charge is 1.91. The number of ether oxygens (including phenoxy) is 1. The molecular weight excluding hydrogens is 262 g/mol. The van der Waals surface area contributed by atoms with Crippen LogP contribution in [0.3, 0.4) is 0 Å². The molecule has 0 aromatic rings. The normalized spacial score (nSPS) is 9.90. The van der Waals surface area contributed by atoms with E-state index in [0.717, 1.165) is 0 Å². The molecule has 0 radical (unpaired) electrons. The van der Waals surface area contributed by atoms with Crippen LogP contribution in [-0.4, -0.2) is 25.7 Å². The van der Waals surface area contributed by atoms with Crippen molar-refractivity contribution in [2.75, 3.05) is 19.7 Å². The smallest absolute Gasteiger partial charge is 0.302 e. The maximum atomic E-state index is 9.82. The number of hydrogen-bond acceptors (Lipinski definition) is 3. The average molecular weight is 302 g/mol. The van der Waals surface area contributed by atoms with E-state index in [0.29, 0.717) is 6.61 Å². The van der Waals surface area contributed by atoms with Crippen molar-refractivity contribution in [1.29, 1.82) is 0 Å². The summed E-state index contributed by atoms with van der Waals surface area (Å²) in [6.07, 6.45) is 13.9. The topological polar surface area (TPSA) is 38.3 Å². The summed E-state index contributed by atoms with van der Waals surface area (Å²) in [7, 11) is 0. The molecule has 0 amide bonds. The molecule has 3 heteroatoms. The molecular formula is C18H39NO2. The Kier molecular flexibility index (Phi) is 23.5. The van der Waals surface area contributed by atoms with Crippen LogP contribution in [0.25, 0.3) is 0 Å². The third-order valence-electron chi connectivity index (χ3n) is 3.26. The number of esters is 1. The van der Waals surface area contributed by atoms with Gasteiger partial charge in [-0.25, -0.2) is 0 Å². The van der Waals surface area contributed by atoms with Crippen LogP contribution < -0.4 is 5.32 Å². The first-order valence-electron chi connectivity index (χ1n) is 9.03. The summed E-state index contributed by atoms with van der Waals surface area (Å²) >= 11 is 0. The van der Waals surface area contributed by atoms with Gasteiger partial charge in [0.25, 0.3) is 0 Å². The SMILES string of the molecule is CCCCCCCNCCCCCCC.CCOC(C)=O. The van der Waals surface area contributed by atoms with Gasteiger partial charge >= 0.3 is 5.97 Å². The van der Waals surface area contributed by atoms with Crippen molar-refractivity contribution in [3.63, 3.8) is 0 Å². The van der Waals surface area contributed by atoms with Crippen molar-refractivity contribution in [2.45, 2.75) is 91.9 Å². The van der Waals surface area contributed by atoms with Gasteiger partial charge in [-0.3, -0.25) is 4.79 Å². The van der Waals surface area contributed by atoms with Gasteiger partial charge in [0.05, 0.1) is 6.61 Å². The number of carbonyl (C=O) groups is 1. The van der Waals surface area contributed by atoms with Crippen LogP contribution in [0.1, 0.15) is 91.9 Å². The fraction of sp³-hybridized carbons (Fsp3) is 0.944. The van der Waals surface area contributed by atoms with Crippen molar-refractivity contribution in [1.82, 2.24) is 5.32 Å². The Bertz CT molecular complexity index is 184. The standard InChI is InChI=1S/C14H31N.C4H8O2/c1-3-5-7-9-11-13-15-14-12-10-8-6-4-2;1-3-6-4(2)5/h15H,3-14H2,1-2H3;3H2,1-2H3. The Hall–Kier alpha value is -0.570. The second kappa shape index (κ2) is 21.7. The Morgan fingerprint density at radius 3 is 1.48 bits per heavy atom. The summed E-state index contributed by atoms with van der Waals surface area (Å²) in [5.41, 5.74) is 0. The molecule has 0 aliphatic carbocycles. The molecule has 0 fully saturated rings. The Morgan fingerprint density at radius 2 is 1.19 bits per heavy atom. The summed E-state index contributed by atoms with van der Waals surface area (Å²) in [5.74, 6) is -0.211. The summed E-state index contributed by atoms with van der Waals surface area (Å²) < 4.78 is 4.40. The number of nitrogens with one attached hydrogen (secondary N) is 1. The van der Waals surface area contributed by atoms with Crippen LogP contribution in [0, 0.1) is 0 Å². The van der Waals surface area contributed by atoms with E-state index in [1.54, 1.807) is 6.92 Å². The van der Waals surface area contributed by atoms with E-state index >= 15 is 0 Å². The van der Waals surface area contributed by atoms with Crippen LogP contribution in [0.4, 0.5) is 0 Å². The fourth-order valence-corrected chi connectivity index (χ4v) is 2.04.